The van der Waals surface area contributed by atoms with Crippen LogP contribution in [0.25, 0.3) is 17.1 Å². The molecule has 0 atom stereocenters. The lowest BCUT2D eigenvalue weighted by molar-refractivity contribution is -0.113. The Balaban J connectivity index is 1.62. The molecule has 3 aromatic carbocycles. The highest BCUT2D eigenvalue weighted by Crippen LogP contribution is 2.31. The van der Waals surface area contributed by atoms with Gasteiger partial charge in [-0.1, -0.05) is 80.0 Å². The van der Waals surface area contributed by atoms with E-state index in [2.05, 4.69) is 60.6 Å². The maximum atomic E-state index is 12.7. The molecular weight excluding hydrogens is 527 g/mol. The van der Waals surface area contributed by atoms with Crippen LogP contribution in [0.15, 0.2) is 71.9 Å². The van der Waals surface area contributed by atoms with E-state index in [9.17, 15) is 4.79 Å². The molecule has 0 unspecified atom stereocenters. The van der Waals surface area contributed by atoms with Crippen molar-refractivity contribution >= 4 is 46.6 Å². The first-order chi connectivity index (χ1) is 17.6. The van der Waals surface area contributed by atoms with E-state index in [0.717, 1.165) is 17.0 Å². The van der Waals surface area contributed by atoms with Gasteiger partial charge in [-0.15, -0.1) is 10.2 Å². The standard InChI is InChI=1S/C28H28Cl2N4O2S/c1-5-36-24-12-10-23(11-13-24)34-26(18-6-8-19(9-7-18)28(2,3)4)32-33-27(34)37-17-25(35)31-22-15-20(29)14-21(30)16-22/h6-16H,5,17H2,1-4H3,(H,31,35). The number of thioether (sulfide) groups is 1. The second-order valence-corrected chi connectivity index (χ2v) is 11.2. The van der Waals surface area contributed by atoms with Crippen LogP contribution in [0.2, 0.25) is 10.0 Å². The Morgan fingerprint density at radius 1 is 0.973 bits per heavy atom. The zero-order valence-corrected chi connectivity index (χ0v) is 23.4. The minimum atomic E-state index is -0.208. The molecule has 192 valence electrons. The highest BCUT2D eigenvalue weighted by Gasteiger charge is 2.19. The molecule has 0 aliphatic carbocycles. The summed E-state index contributed by atoms with van der Waals surface area (Å²) in [6.45, 7) is 9.08. The van der Waals surface area contributed by atoms with Crippen molar-refractivity contribution in [3.8, 4) is 22.8 Å². The number of benzene rings is 3. The number of halogens is 2. The topological polar surface area (TPSA) is 69.0 Å². The first-order valence-corrected chi connectivity index (χ1v) is 13.6. The Hall–Kier alpha value is -3.00. The SMILES string of the molecule is CCOc1ccc(-n2c(SCC(=O)Nc3cc(Cl)cc(Cl)c3)nnc2-c2ccc(C(C)(C)C)cc2)cc1. The van der Waals surface area contributed by atoms with Gasteiger partial charge < -0.3 is 10.1 Å². The normalized spacial score (nSPS) is 11.4. The molecular formula is C28H28Cl2N4O2S. The summed E-state index contributed by atoms with van der Waals surface area (Å²) in [6, 6.07) is 21.0. The maximum absolute atomic E-state index is 12.7. The van der Waals surface area contributed by atoms with Crippen molar-refractivity contribution < 1.29 is 9.53 Å². The summed E-state index contributed by atoms with van der Waals surface area (Å²) < 4.78 is 7.56. The molecule has 0 aliphatic rings. The quantitative estimate of drug-likeness (QED) is 0.226. The number of nitrogens with zero attached hydrogens (tertiary/aromatic N) is 3. The number of anilines is 1. The molecule has 0 fully saturated rings. The van der Waals surface area contributed by atoms with Gasteiger partial charge in [0, 0.05) is 27.0 Å². The van der Waals surface area contributed by atoms with E-state index in [1.807, 2.05) is 35.8 Å². The third-order valence-electron chi connectivity index (χ3n) is 5.53. The van der Waals surface area contributed by atoms with Gasteiger partial charge in [0.1, 0.15) is 5.75 Å². The molecule has 6 nitrogen and oxygen atoms in total. The zero-order valence-electron chi connectivity index (χ0n) is 21.1. The molecule has 4 rings (SSSR count). The van der Waals surface area contributed by atoms with Crippen LogP contribution in [0.4, 0.5) is 5.69 Å². The van der Waals surface area contributed by atoms with Crippen molar-refractivity contribution in [3.05, 3.63) is 82.3 Å². The van der Waals surface area contributed by atoms with E-state index in [-0.39, 0.29) is 17.1 Å². The van der Waals surface area contributed by atoms with Gasteiger partial charge in [-0.25, -0.2) is 0 Å². The van der Waals surface area contributed by atoms with Crippen molar-refractivity contribution in [1.82, 2.24) is 14.8 Å². The second-order valence-electron chi connectivity index (χ2n) is 9.39. The Morgan fingerprint density at radius 2 is 1.62 bits per heavy atom. The van der Waals surface area contributed by atoms with Crippen molar-refractivity contribution in [2.75, 3.05) is 17.7 Å². The number of aromatic nitrogens is 3. The van der Waals surface area contributed by atoms with Crippen LogP contribution in [-0.2, 0) is 10.2 Å². The molecule has 0 saturated heterocycles. The third-order valence-corrected chi connectivity index (χ3v) is 6.89. The van der Waals surface area contributed by atoms with Gasteiger partial charge in [-0.2, -0.15) is 0 Å². The first kappa shape index (κ1) is 27.0. The monoisotopic (exact) mass is 554 g/mol. The highest BCUT2D eigenvalue weighted by atomic mass is 35.5. The summed E-state index contributed by atoms with van der Waals surface area (Å²) in [5.41, 5.74) is 3.61. The number of amides is 1. The van der Waals surface area contributed by atoms with Gasteiger partial charge in [0.05, 0.1) is 12.4 Å². The summed E-state index contributed by atoms with van der Waals surface area (Å²) in [5.74, 6) is 1.39. The molecule has 0 radical (unpaired) electrons. The number of carbonyl (C=O) groups excluding carboxylic acids is 1. The van der Waals surface area contributed by atoms with E-state index < -0.39 is 0 Å². The van der Waals surface area contributed by atoms with Crippen LogP contribution in [0.5, 0.6) is 5.75 Å². The summed E-state index contributed by atoms with van der Waals surface area (Å²) in [7, 11) is 0. The van der Waals surface area contributed by atoms with Gasteiger partial charge in [0.15, 0.2) is 11.0 Å². The Kier molecular flexibility index (Phi) is 8.47. The number of rotatable bonds is 8. The predicted octanol–water partition coefficient (Wildman–Crippen LogP) is 7.67. The molecule has 0 spiro atoms. The van der Waals surface area contributed by atoms with Crippen LogP contribution in [0.3, 0.4) is 0 Å². The number of ether oxygens (including phenoxy) is 1. The minimum Gasteiger partial charge on any atom is -0.494 e. The van der Waals surface area contributed by atoms with Crippen LogP contribution >= 0.6 is 35.0 Å². The molecule has 1 heterocycles. The van der Waals surface area contributed by atoms with Crippen LogP contribution < -0.4 is 10.1 Å². The number of hydrogen-bond donors (Lipinski definition) is 1. The summed E-state index contributed by atoms with van der Waals surface area (Å²) in [5, 5.41) is 13.3. The number of nitrogens with one attached hydrogen (secondary N) is 1. The molecule has 4 aromatic rings. The number of carbonyl (C=O) groups is 1. The van der Waals surface area contributed by atoms with Gasteiger partial charge in [-0.05, 0) is 60.4 Å². The molecule has 0 saturated carbocycles. The first-order valence-electron chi connectivity index (χ1n) is 11.8. The van der Waals surface area contributed by atoms with Crippen molar-refractivity contribution in [3.63, 3.8) is 0 Å². The molecule has 0 bridgehead atoms. The Bertz CT molecular complexity index is 1360. The molecule has 1 amide bonds. The summed E-state index contributed by atoms with van der Waals surface area (Å²) in [6.07, 6.45) is 0. The minimum absolute atomic E-state index is 0.0445. The third kappa shape index (κ3) is 6.86. The molecule has 1 N–H and O–H groups in total. The van der Waals surface area contributed by atoms with E-state index in [4.69, 9.17) is 27.9 Å². The lowest BCUT2D eigenvalue weighted by Gasteiger charge is -2.19. The zero-order chi connectivity index (χ0) is 26.6. The van der Waals surface area contributed by atoms with Crippen molar-refractivity contribution in [2.45, 2.75) is 38.3 Å². The van der Waals surface area contributed by atoms with E-state index in [1.165, 1.54) is 17.3 Å². The van der Waals surface area contributed by atoms with E-state index >= 15 is 0 Å². The van der Waals surface area contributed by atoms with E-state index in [1.54, 1.807) is 18.2 Å². The Labute approximate surface area is 231 Å². The fraction of sp³-hybridized carbons (Fsp3) is 0.250. The van der Waals surface area contributed by atoms with Gasteiger partial charge >= 0.3 is 0 Å². The fourth-order valence-electron chi connectivity index (χ4n) is 3.71. The predicted molar refractivity (Wildman–Crippen MR) is 152 cm³/mol. The largest absolute Gasteiger partial charge is 0.494 e. The smallest absolute Gasteiger partial charge is 0.234 e. The van der Waals surface area contributed by atoms with Crippen LogP contribution in [0.1, 0.15) is 33.3 Å². The molecule has 0 aliphatic heterocycles. The van der Waals surface area contributed by atoms with Crippen LogP contribution in [0, 0.1) is 0 Å². The fourth-order valence-corrected chi connectivity index (χ4v) is 4.99. The molecule has 37 heavy (non-hydrogen) atoms. The average Bonchev–Trinajstić information content (AvgIpc) is 3.26. The van der Waals surface area contributed by atoms with Gasteiger partial charge in [0.2, 0.25) is 5.91 Å². The van der Waals surface area contributed by atoms with Gasteiger partial charge in [-0.3, -0.25) is 9.36 Å². The Morgan fingerprint density at radius 3 is 2.22 bits per heavy atom. The molecule has 9 heteroatoms. The average molecular weight is 556 g/mol. The number of hydrogen-bond acceptors (Lipinski definition) is 5. The van der Waals surface area contributed by atoms with Gasteiger partial charge in [0.25, 0.3) is 0 Å². The summed E-state index contributed by atoms with van der Waals surface area (Å²) in [4.78, 5) is 12.7. The van der Waals surface area contributed by atoms with E-state index in [0.29, 0.717) is 33.3 Å². The van der Waals surface area contributed by atoms with Crippen molar-refractivity contribution in [1.29, 1.82) is 0 Å². The lowest BCUT2D eigenvalue weighted by atomic mass is 9.87. The maximum Gasteiger partial charge on any atom is 0.234 e. The lowest BCUT2D eigenvalue weighted by Crippen LogP contribution is -2.14. The van der Waals surface area contributed by atoms with Crippen LogP contribution in [-0.4, -0.2) is 33.0 Å². The summed E-state index contributed by atoms with van der Waals surface area (Å²) >= 11 is 13.4. The molecule has 1 aromatic heterocycles. The highest BCUT2D eigenvalue weighted by molar-refractivity contribution is 7.99. The van der Waals surface area contributed by atoms with Crippen molar-refractivity contribution in [2.24, 2.45) is 0 Å². The second kappa shape index (κ2) is 11.6.